The fourth-order valence-corrected chi connectivity index (χ4v) is 3.79. The number of ether oxygens (including phenoxy) is 2. The van der Waals surface area contributed by atoms with Crippen LogP contribution in [0.5, 0.6) is 11.5 Å². The van der Waals surface area contributed by atoms with Gasteiger partial charge in [0.2, 0.25) is 5.91 Å². The van der Waals surface area contributed by atoms with Crippen molar-refractivity contribution in [2.75, 3.05) is 27.3 Å². The molecule has 3 heterocycles. The van der Waals surface area contributed by atoms with Crippen molar-refractivity contribution in [3.63, 3.8) is 0 Å². The van der Waals surface area contributed by atoms with Crippen molar-refractivity contribution >= 4 is 11.7 Å². The van der Waals surface area contributed by atoms with Gasteiger partial charge in [-0.15, -0.1) is 0 Å². The van der Waals surface area contributed by atoms with E-state index in [0.29, 0.717) is 30.2 Å². The summed E-state index contributed by atoms with van der Waals surface area (Å²) < 4.78 is 12.4. The molecule has 1 fully saturated rings. The van der Waals surface area contributed by atoms with E-state index >= 15 is 0 Å². The Kier molecular flexibility index (Phi) is 5.10. The van der Waals surface area contributed by atoms with Crippen LogP contribution in [0.1, 0.15) is 30.0 Å². The monoisotopic (exact) mass is 381 g/mol. The standard InChI is InChI=1S/C20H23N5O3/c1-27-17-6-5-14(10-18(17)28-2)11-19(26)24-9-3-4-15(12-24)16-7-8-21-20-22-13-23-25(16)20/h5-8,10,13,15H,3-4,9,11-12H2,1-2H3/t15-/m0/s1. The summed E-state index contributed by atoms with van der Waals surface area (Å²) in [6.07, 6.45) is 5.57. The first-order valence-corrected chi connectivity index (χ1v) is 9.33. The van der Waals surface area contributed by atoms with E-state index in [1.54, 1.807) is 24.9 Å². The summed E-state index contributed by atoms with van der Waals surface area (Å²) in [6, 6.07) is 7.57. The Hall–Kier alpha value is -3.16. The van der Waals surface area contributed by atoms with E-state index < -0.39 is 0 Å². The highest BCUT2D eigenvalue weighted by Gasteiger charge is 2.27. The van der Waals surface area contributed by atoms with Crippen LogP contribution >= 0.6 is 0 Å². The van der Waals surface area contributed by atoms with Crippen LogP contribution in [0.4, 0.5) is 0 Å². The van der Waals surface area contributed by atoms with Gasteiger partial charge in [0, 0.05) is 25.2 Å². The molecule has 0 radical (unpaired) electrons. The van der Waals surface area contributed by atoms with Crippen LogP contribution in [0, 0.1) is 0 Å². The smallest absolute Gasteiger partial charge is 0.252 e. The molecule has 1 aromatic carbocycles. The number of fused-ring (bicyclic) bond motifs is 1. The summed E-state index contributed by atoms with van der Waals surface area (Å²) in [4.78, 5) is 23.2. The molecular weight excluding hydrogens is 358 g/mol. The summed E-state index contributed by atoms with van der Waals surface area (Å²) in [5, 5.41) is 4.28. The number of hydrogen-bond acceptors (Lipinski definition) is 6. The number of nitrogens with zero attached hydrogens (tertiary/aromatic N) is 5. The third-order valence-corrected chi connectivity index (χ3v) is 5.21. The van der Waals surface area contributed by atoms with E-state index in [0.717, 1.165) is 30.6 Å². The largest absolute Gasteiger partial charge is 0.493 e. The molecular formula is C20H23N5O3. The highest BCUT2D eigenvalue weighted by molar-refractivity contribution is 5.79. The number of rotatable bonds is 5. The maximum Gasteiger partial charge on any atom is 0.252 e. The van der Waals surface area contributed by atoms with Crippen molar-refractivity contribution in [3.8, 4) is 11.5 Å². The van der Waals surface area contributed by atoms with Crippen LogP contribution in [-0.2, 0) is 11.2 Å². The van der Waals surface area contributed by atoms with Crippen molar-refractivity contribution in [1.82, 2.24) is 24.5 Å². The van der Waals surface area contributed by atoms with Crippen LogP contribution in [-0.4, -0.2) is 57.7 Å². The van der Waals surface area contributed by atoms with Crippen molar-refractivity contribution < 1.29 is 14.3 Å². The van der Waals surface area contributed by atoms with Gasteiger partial charge in [0.15, 0.2) is 11.5 Å². The van der Waals surface area contributed by atoms with Gasteiger partial charge in [-0.25, -0.2) is 9.50 Å². The Morgan fingerprint density at radius 1 is 1.18 bits per heavy atom. The van der Waals surface area contributed by atoms with E-state index in [2.05, 4.69) is 15.1 Å². The maximum absolute atomic E-state index is 12.9. The summed E-state index contributed by atoms with van der Waals surface area (Å²) in [5.74, 6) is 2.21. The zero-order valence-electron chi connectivity index (χ0n) is 16.0. The molecule has 28 heavy (non-hydrogen) atoms. The molecule has 4 rings (SSSR count). The first-order valence-electron chi connectivity index (χ1n) is 9.33. The molecule has 8 heteroatoms. The van der Waals surface area contributed by atoms with Crippen LogP contribution in [0.3, 0.4) is 0 Å². The molecule has 3 aromatic rings. The summed E-state index contributed by atoms with van der Waals surface area (Å²) in [6.45, 7) is 1.44. The molecule has 2 aromatic heterocycles. The molecule has 1 aliphatic heterocycles. The highest BCUT2D eigenvalue weighted by Crippen LogP contribution is 2.29. The van der Waals surface area contributed by atoms with E-state index in [1.807, 2.05) is 29.2 Å². The average molecular weight is 381 g/mol. The van der Waals surface area contributed by atoms with E-state index in [-0.39, 0.29) is 11.8 Å². The molecule has 146 valence electrons. The van der Waals surface area contributed by atoms with Gasteiger partial charge in [-0.2, -0.15) is 10.1 Å². The Bertz CT molecular complexity index is 987. The predicted octanol–water partition coefficient (Wildman–Crippen LogP) is 2.09. The van der Waals surface area contributed by atoms with E-state index in [4.69, 9.17) is 9.47 Å². The Balaban J connectivity index is 1.49. The highest BCUT2D eigenvalue weighted by atomic mass is 16.5. The van der Waals surface area contributed by atoms with Gasteiger partial charge >= 0.3 is 0 Å². The van der Waals surface area contributed by atoms with Gasteiger partial charge < -0.3 is 14.4 Å². The number of piperidine rings is 1. The third-order valence-electron chi connectivity index (χ3n) is 5.21. The predicted molar refractivity (Wildman–Crippen MR) is 103 cm³/mol. The van der Waals surface area contributed by atoms with Gasteiger partial charge in [0.05, 0.1) is 26.3 Å². The van der Waals surface area contributed by atoms with Crippen LogP contribution in [0.25, 0.3) is 5.78 Å². The molecule has 1 aliphatic rings. The number of aromatic nitrogens is 4. The summed E-state index contributed by atoms with van der Waals surface area (Å²) in [5.41, 5.74) is 1.96. The molecule has 0 unspecified atom stereocenters. The fourth-order valence-electron chi connectivity index (χ4n) is 3.79. The number of carbonyl (C=O) groups excluding carboxylic acids is 1. The molecule has 1 saturated heterocycles. The SMILES string of the molecule is COc1ccc(CC(=O)N2CCC[C@H](c3ccnc4ncnn34)C2)cc1OC. The van der Waals surface area contributed by atoms with Gasteiger partial charge in [-0.3, -0.25) is 4.79 Å². The summed E-state index contributed by atoms with van der Waals surface area (Å²) in [7, 11) is 3.19. The van der Waals surface area contributed by atoms with Crippen molar-refractivity contribution in [1.29, 1.82) is 0 Å². The normalized spacial score (nSPS) is 16.9. The molecule has 0 spiro atoms. The van der Waals surface area contributed by atoms with Gasteiger partial charge in [0.25, 0.3) is 5.78 Å². The van der Waals surface area contributed by atoms with Crippen molar-refractivity contribution in [2.24, 2.45) is 0 Å². The minimum atomic E-state index is 0.112. The quantitative estimate of drug-likeness (QED) is 0.673. The minimum Gasteiger partial charge on any atom is -0.493 e. The third kappa shape index (κ3) is 3.49. The van der Waals surface area contributed by atoms with Crippen LogP contribution in [0.2, 0.25) is 0 Å². The Labute approximate surface area is 163 Å². The maximum atomic E-state index is 12.9. The minimum absolute atomic E-state index is 0.112. The molecule has 0 N–H and O–H groups in total. The zero-order valence-corrected chi connectivity index (χ0v) is 16.0. The second-order valence-corrected chi connectivity index (χ2v) is 6.89. The van der Waals surface area contributed by atoms with E-state index in [1.165, 1.54) is 6.33 Å². The first kappa shape index (κ1) is 18.2. The first-order chi connectivity index (χ1) is 13.7. The number of amides is 1. The van der Waals surface area contributed by atoms with Gasteiger partial charge in [-0.1, -0.05) is 6.07 Å². The molecule has 0 aliphatic carbocycles. The van der Waals surface area contributed by atoms with Crippen LogP contribution < -0.4 is 9.47 Å². The Morgan fingerprint density at radius 2 is 2.04 bits per heavy atom. The van der Waals surface area contributed by atoms with E-state index in [9.17, 15) is 4.79 Å². The summed E-state index contributed by atoms with van der Waals surface area (Å²) >= 11 is 0. The zero-order chi connectivity index (χ0) is 19.5. The fraction of sp³-hybridized carbons (Fsp3) is 0.400. The lowest BCUT2D eigenvalue weighted by Crippen LogP contribution is -2.40. The number of carbonyl (C=O) groups is 1. The molecule has 1 atom stereocenters. The topological polar surface area (TPSA) is 81.9 Å². The second kappa shape index (κ2) is 7.84. The lowest BCUT2D eigenvalue weighted by atomic mass is 9.94. The number of benzene rings is 1. The molecule has 8 nitrogen and oxygen atoms in total. The molecule has 0 bridgehead atoms. The number of hydrogen-bond donors (Lipinski definition) is 0. The second-order valence-electron chi connectivity index (χ2n) is 6.89. The Morgan fingerprint density at radius 3 is 2.86 bits per heavy atom. The molecule has 0 saturated carbocycles. The average Bonchev–Trinajstić information content (AvgIpc) is 3.22. The van der Waals surface area contributed by atoms with Crippen molar-refractivity contribution in [3.05, 3.63) is 48.0 Å². The lowest BCUT2D eigenvalue weighted by molar-refractivity contribution is -0.131. The van der Waals surface area contributed by atoms with Crippen LogP contribution in [0.15, 0.2) is 36.8 Å². The molecule has 1 amide bonds. The number of likely N-dealkylation sites (tertiary alicyclic amines) is 1. The van der Waals surface area contributed by atoms with Gasteiger partial charge in [0.1, 0.15) is 6.33 Å². The lowest BCUT2D eigenvalue weighted by Gasteiger charge is -2.33. The van der Waals surface area contributed by atoms with Crippen molar-refractivity contribution in [2.45, 2.75) is 25.2 Å². The number of methoxy groups -OCH3 is 2. The van der Waals surface area contributed by atoms with Gasteiger partial charge in [-0.05, 0) is 36.6 Å².